The number of hydrogen-bond donors (Lipinski definition) is 0. The van der Waals surface area contributed by atoms with Gasteiger partial charge in [0.2, 0.25) is 0 Å². The van der Waals surface area contributed by atoms with Crippen molar-refractivity contribution in [3.63, 3.8) is 0 Å². The lowest BCUT2D eigenvalue weighted by molar-refractivity contribution is 0.0241. The topological polar surface area (TPSA) is 61.2 Å². The summed E-state index contributed by atoms with van der Waals surface area (Å²) in [5.74, 6) is 0.835. The lowest BCUT2D eigenvalue weighted by atomic mass is 9.97. The molecule has 0 saturated carbocycles. The molecule has 0 aliphatic carbocycles. The van der Waals surface area contributed by atoms with Gasteiger partial charge in [0.15, 0.2) is 0 Å². The Morgan fingerprint density at radius 1 is 1.20 bits per heavy atom. The zero-order valence-electron chi connectivity index (χ0n) is 15.5. The van der Waals surface area contributed by atoms with Crippen molar-refractivity contribution in [2.75, 3.05) is 33.7 Å². The molecular formula is C18H25N5O2. The minimum Gasteiger partial charge on any atom is -0.331 e. The number of aryl methyl sites for hydroxylation is 1. The molecule has 0 unspecified atom stereocenters. The van der Waals surface area contributed by atoms with Gasteiger partial charge in [-0.1, -0.05) is 0 Å². The van der Waals surface area contributed by atoms with E-state index < -0.39 is 5.54 Å². The van der Waals surface area contributed by atoms with E-state index in [2.05, 4.69) is 4.98 Å². The zero-order chi connectivity index (χ0) is 18.4. The Hall–Kier alpha value is -2.57. The highest BCUT2D eigenvalue weighted by Crippen LogP contribution is 2.24. The van der Waals surface area contributed by atoms with Crippen molar-refractivity contribution < 1.29 is 9.59 Å². The Bertz CT molecular complexity index is 824. The van der Waals surface area contributed by atoms with Crippen LogP contribution in [0.3, 0.4) is 0 Å². The molecule has 1 saturated heterocycles. The fourth-order valence-electron chi connectivity index (χ4n) is 3.38. The standard InChI is InChI=1S/C18H25N5O2/c1-13-19-10-15-7-6-14(11-22(13)15)16(24)23-9-8-21(12-18(23,2)3)17(25)20(4)5/h6-7,10-11H,8-9,12H2,1-5H3. The van der Waals surface area contributed by atoms with Crippen LogP contribution < -0.4 is 0 Å². The monoisotopic (exact) mass is 343 g/mol. The van der Waals surface area contributed by atoms with E-state index in [0.717, 1.165) is 11.3 Å². The number of rotatable bonds is 1. The van der Waals surface area contributed by atoms with Gasteiger partial charge in [0.05, 0.1) is 22.8 Å². The van der Waals surface area contributed by atoms with Gasteiger partial charge in [0.25, 0.3) is 5.91 Å². The number of fused-ring (bicyclic) bond motifs is 1. The molecular weight excluding hydrogens is 318 g/mol. The van der Waals surface area contributed by atoms with E-state index >= 15 is 0 Å². The third kappa shape index (κ3) is 3.06. The van der Waals surface area contributed by atoms with Gasteiger partial charge in [-0.3, -0.25) is 4.79 Å². The highest BCUT2D eigenvalue weighted by Gasteiger charge is 2.39. The van der Waals surface area contributed by atoms with Crippen molar-refractivity contribution in [1.29, 1.82) is 0 Å². The van der Waals surface area contributed by atoms with Gasteiger partial charge in [-0.2, -0.15) is 0 Å². The summed E-state index contributed by atoms with van der Waals surface area (Å²) in [6.45, 7) is 7.49. The van der Waals surface area contributed by atoms with Crippen LogP contribution >= 0.6 is 0 Å². The Labute approximate surface area is 147 Å². The van der Waals surface area contributed by atoms with Crippen molar-refractivity contribution in [3.8, 4) is 0 Å². The molecule has 0 aromatic carbocycles. The molecule has 1 aliphatic heterocycles. The summed E-state index contributed by atoms with van der Waals surface area (Å²) in [5.41, 5.74) is 1.17. The molecule has 1 fully saturated rings. The maximum absolute atomic E-state index is 13.1. The number of amides is 3. The Morgan fingerprint density at radius 3 is 2.56 bits per heavy atom. The second-order valence-electron chi connectivity index (χ2n) is 7.39. The van der Waals surface area contributed by atoms with E-state index in [1.165, 1.54) is 0 Å². The van der Waals surface area contributed by atoms with Crippen LogP contribution in [0.1, 0.15) is 30.0 Å². The summed E-state index contributed by atoms with van der Waals surface area (Å²) in [5, 5.41) is 0. The highest BCUT2D eigenvalue weighted by atomic mass is 16.2. The van der Waals surface area contributed by atoms with Crippen molar-refractivity contribution in [2.45, 2.75) is 26.3 Å². The van der Waals surface area contributed by atoms with Crippen LogP contribution in [0.25, 0.3) is 5.52 Å². The van der Waals surface area contributed by atoms with Crippen molar-refractivity contribution >= 4 is 17.5 Å². The fourth-order valence-corrected chi connectivity index (χ4v) is 3.38. The van der Waals surface area contributed by atoms with Crippen LogP contribution in [-0.2, 0) is 0 Å². The van der Waals surface area contributed by atoms with Crippen LogP contribution in [0.4, 0.5) is 4.79 Å². The molecule has 134 valence electrons. The molecule has 0 spiro atoms. The Morgan fingerprint density at radius 2 is 1.92 bits per heavy atom. The number of pyridine rings is 1. The molecule has 2 aromatic heterocycles. The number of imidazole rings is 1. The third-order valence-electron chi connectivity index (χ3n) is 4.76. The number of carbonyl (C=O) groups is 2. The van der Waals surface area contributed by atoms with Crippen LogP contribution in [0.2, 0.25) is 0 Å². The molecule has 2 aromatic rings. The van der Waals surface area contributed by atoms with Gasteiger partial charge in [0.1, 0.15) is 5.82 Å². The van der Waals surface area contributed by atoms with Crippen LogP contribution in [0.15, 0.2) is 24.5 Å². The summed E-state index contributed by atoms with van der Waals surface area (Å²) < 4.78 is 1.92. The maximum atomic E-state index is 13.1. The summed E-state index contributed by atoms with van der Waals surface area (Å²) in [7, 11) is 3.49. The summed E-state index contributed by atoms with van der Waals surface area (Å²) in [6, 6.07) is 3.73. The van der Waals surface area contributed by atoms with Crippen LogP contribution in [0.5, 0.6) is 0 Å². The second-order valence-corrected chi connectivity index (χ2v) is 7.39. The number of urea groups is 1. The molecule has 25 heavy (non-hydrogen) atoms. The molecule has 0 atom stereocenters. The number of piperazine rings is 1. The van der Waals surface area contributed by atoms with Gasteiger partial charge >= 0.3 is 6.03 Å². The zero-order valence-corrected chi connectivity index (χ0v) is 15.5. The number of aromatic nitrogens is 2. The lowest BCUT2D eigenvalue weighted by Gasteiger charge is -2.47. The van der Waals surface area contributed by atoms with E-state index in [-0.39, 0.29) is 11.9 Å². The van der Waals surface area contributed by atoms with Crippen LogP contribution in [0, 0.1) is 6.92 Å². The van der Waals surface area contributed by atoms with Gasteiger partial charge in [-0.25, -0.2) is 9.78 Å². The molecule has 0 bridgehead atoms. The van der Waals surface area contributed by atoms with E-state index in [0.29, 0.717) is 25.2 Å². The smallest absolute Gasteiger partial charge is 0.319 e. The predicted molar refractivity (Wildman–Crippen MR) is 95.7 cm³/mol. The van der Waals surface area contributed by atoms with E-state index in [9.17, 15) is 9.59 Å². The molecule has 7 nitrogen and oxygen atoms in total. The highest BCUT2D eigenvalue weighted by molar-refractivity contribution is 5.95. The molecule has 0 N–H and O–H groups in total. The maximum Gasteiger partial charge on any atom is 0.319 e. The van der Waals surface area contributed by atoms with E-state index in [1.807, 2.05) is 48.4 Å². The summed E-state index contributed by atoms with van der Waals surface area (Å²) in [6.07, 6.45) is 3.63. The first-order valence-electron chi connectivity index (χ1n) is 8.42. The number of carbonyl (C=O) groups excluding carboxylic acids is 2. The number of nitrogens with zero attached hydrogens (tertiary/aromatic N) is 5. The van der Waals surface area contributed by atoms with Crippen molar-refractivity contribution in [3.05, 3.63) is 35.9 Å². The van der Waals surface area contributed by atoms with Gasteiger partial charge in [-0.05, 0) is 32.9 Å². The predicted octanol–water partition coefficient (Wildman–Crippen LogP) is 1.86. The Kier molecular flexibility index (Phi) is 4.18. The van der Waals surface area contributed by atoms with Crippen LogP contribution in [-0.4, -0.2) is 75.3 Å². The molecule has 3 rings (SSSR count). The van der Waals surface area contributed by atoms with Crippen molar-refractivity contribution in [2.24, 2.45) is 0 Å². The summed E-state index contributed by atoms with van der Waals surface area (Å²) in [4.78, 5) is 34.8. The van der Waals surface area contributed by atoms with E-state index in [1.54, 1.807) is 30.1 Å². The molecule has 0 radical (unpaired) electrons. The lowest BCUT2D eigenvalue weighted by Crippen LogP contribution is -2.63. The Balaban J connectivity index is 1.84. The minimum atomic E-state index is -0.431. The minimum absolute atomic E-state index is 0.0167. The first kappa shape index (κ1) is 17.3. The average molecular weight is 343 g/mol. The quantitative estimate of drug-likeness (QED) is 0.794. The van der Waals surface area contributed by atoms with Gasteiger partial charge in [-0.15, -0.1) is 0 Å². The molecule has 1 aliphatic rings. The molecule has 7 heteroatoms. The van der Waals surface area contributed by atoms with Crippen molar-refractivity contribution in [1.82, 2.24) is 24.1 Å². The second kappa shape index (κ2) is 6.06. The van der Waals surface area contributed by atoms with Gasteiger partial charge in [0, 0.05) is 39.9 Å². The van der Waals surface area contributed by atoms with E-state index in [4.69, 9.17) is 0 Å². The first-order chi connectivity index (χ1) is 11.7. The van der Waals surface area contributed by atoms with Gasteiger partial charge < -0.3 is 19.1 Å². The third-order valence-corrected chi connectivity index (χ3v) is 4.76. The first-order valence-corrected chi connectivity index (χ1v) is 8.42. The largest absolute Gasteiger partial charge is 0.331 e. The number of hydrogen-bond acceptors (Lipinski definition) is 3. The molecule has 3 heterocycles. The average Bonchev–Trinajstić information content (AvgIpc) is 2.93. The normalized spacial score (nSPS) is 17.0. The fraction of sp³-hybridized carbons (Fsp3) is 0.500. The molecule has 3 amide bonds. The summed E-state index contributed by atoms with van der Waals surface area (Å²) >= 11 is 0. The SMILES string of the molecule is Cc1ncc2ccc(C(=O)N3CCN(C(=O)N(C)C)CC3(C)C)cn12.